The van der Waals surface area contributed by atoms with Crippen molar-refractivity contribution in [3.05, 3.63) is 0 Å². The third kappa shape index (κ3) is 3.58. The Labute approximate surface area is 88.2 Å². The molecule has 0 radical (unpaired) electrons. The maximum atomic E-state index is 6.21. The van der Waals surface area contributed by atoms with Crippen molar-refractivity contribution in [3.8, 4) is 0 Å². The zero-order valence-electron chi connectivity index (χ0n) is 9.67. The van der Waals surface area contributed by atoms with Crippen molar-refractivity contribution in [3.63, 3.8) is 0 Å². The maximum absolute atomic E-state index is 6.21. The molecule has 3 unspecified atom stereocenters. The second kappa shape index (κ2) is 6.41. The molecule has 1 rings (SSSR count). The molecule has 2 N–H and O–H groups in total. The average Bonchev–Trinajstić information content (AvgIpc) is 2.39. The minimum atomic E-state index is 0.435. The summed E-state index contributed by atoms with van der Waals surface area (Å²) in [5.74, 6) is 1.45. The van der Waals surface area contributed by atoms with Crippen LogP contribution in [0.3, 0.4) is 0 Å². The van der Waals surface area contributed by atoms with Gasteiger partial charge >= 0.3 is 0 Å². The lowest BCUT2D eigenvalue weighted by Crippen LogP contribution is -2.33. The molecule has 84 valence electrons. The predicted molar refractivity (Wildman–Crippen MR) is 60.2 cm³/mol. The van der Waals surface area contributed by atoms with E-state index < -0.39 is 0 Å². The minimum Gasteiger partial charge on any atom is -0.385 e. The largest absolute Gasteiger partial charge is 0.385 e. The van der Waals surface area contributed by atoms with Gasteiger partial charge in [0.25, 0.3) is 0 Å². The van der Waals surface area contributed by atoms with E-state index in [9.17, 15) is 0 Å². The highest BCUT2D eigenvalue weighted by Gasteiger charge is 2.25. The Morgan fingerprint density at radius 3 is 2.71 bits per heavy atom. The number of nitrogens with two attached hydrogens (primary N) is 1. The van der Waals surface area contributed by atoms with Crippen LogP contribution in [0.5, 0.6) is 0 Å². The molecule has 1 aliphatic rings. The van der Waals surface area contributed by atoms with E-state index in [1.165, 1.54) is 32.1 Å². The maximum Gasteiger partial charge on any atom is 0.0464 e. The van der Waals surface area contributed by atoms with Crippen molar-refractivity contribution in [2.45, 2.75) is 51.5 Å². The summed E-state index contributed by atoms with van der Waals surface area (Å²) in [5.41, 5.74) is 6.21. The molecule has 2 heteroatoms. The first-order chi connectivity index (χ1) is 6.75. The lowest BCUT2D eigenvalue weighted by atomic mass is 9.82. The van der Waals surface area contributed by atoms with Crippen molar-refractivity contribution in [1.82, 2.24) is 0 Å². The Morgan fingerprint density at radius 1 is 1.29 bits per heavy atom. The SMILES string of the molecule is COCCC(C)C1CCCCCC1N. The highest BCUT2D eigenvalue weighted by molar-refractivity contribution is 4.80. The van der Waals surface area contributed by atoms with Gasteiger partial charge in [-0.2, -0.15) is 0 Å². The van der Waals surface area contributed by atoms with Crippen LogP contribution in [-0.2, 0) is 4.74 Å². The van der Waals surface area contributed by atoms with Gasteiger partial charge in [0, 0.05) is 19.8 Å². The van der Waals surface area contributed by atoms with Gasteiger partial charge in [-0.25, -0.2) is 0 Å². The second-order valence-corrected chi connectivity index (χ2v) is 4.72. The van der Waals surface area contributed by atoms with E-state index in [-0.39, 0.29) is 0 Å². The van der Waals surface area contributed by atoms with Crippen molar-refractivity contribution in [2.24, 2.45) is 17.6 Å². The summed E-state index contributed by atoms with van der Waals surface area (Å²) in [6, 6.07) is 0.435. The van der Waals surface area contributed by atoms with Gasteiger partial charge < -0.3 is 10.5 Å². The number of rotatable bonds is 4. The molecular formula is C12H25NO. The Kier molecular flexibility index (Phi) is 5.49. The van der Waals surface area contributed by atoms with Crippen LogP contribution < -0.4 is 5.73 Å². The lowest BCUT2D eigenvalue weighted by molar-refractivity contribution is 0.155. The fourth-order valence-corrected chi connectivity index (χ4v) is 2.59. The summed E-state index contributed by atoms with van der Waals surface area (Å²) in [5, 5.41) is 0. The number of hydrogen-bond donors (Lipinski definition) is 1. The summed E-state index contributed by atoms with van der Waals surface area (Å²) in [6.07, 6.45) is 7.79. The Hall–Kier alpha value is -0.0800. The van der Waals surface area contributed by atoms with Crippen molar-refractivity contribution < 1.29 is 4.74 Å². The summed E-state index contributed by atoms with van der Waals surface area (Å²) in [7, 11) is 1.78. The molecular weight excluding hydrogens is 174 g/mol. The smallest absolute Gasteiger partial charge is 0.0464 e. The summed E-state index contributed by atoms with van der Waals surface area (Å²) in [4.78, 5) is 0. The van der Waals surface area contributed by atoms with Gasteiger partial charge in [0.2, 0.25) is 0 Å². The molecule has 1 fully saturated rings. The van der Waals surface area contributed by atoms with Gasteiger partial charge in [0.05, 0.1) is 0 Å². The number of hydrogen-bond acceptors (Lipinski definition) is 2. The summed E-state index contributed by atoms with van der Waals surface area (Å²) >= 11 is 0. The molecule has 0 saturated heterocycles. The molecule has 0 aromatic rings. The zero-order chi connectivity index (χ0) is 10.4. The minimum absolute atomic E-state index is 0.435. The summed E-state index contributed by atoms with van der Waals surface area (Å²) in [6.45, 7) is 3.21. The van der Waals surface area contributed by atoms with Crippen LogP contribution in [0.25, 0.3) is 0 Å². The first-order valence-electron chi connectivity index (χ1n) is 6.00. The van der Waals surface area contributed by atoms with Crippen molar-refractivity contribution in [2.75, 3.05) is 13.7 Å². The fraction of sp³-hybridized carbons (Fsp3) is 1.00. The first-order valence-corrected chi connectivity index (χ1v) is 6.00. The van der Waals surface area contributed by atoms with Gasteiger partial charge in [-0.1, -0.05) is 26.2 Å². The molecule has 1 saturated carbocycles. The summed E-state index contributed by atoms with van der Waals surface area (Å²) < 4.78 is 5.13. The van der Waals surface area contributed by atoms with E-state index in [4.69, 9.17) is 10.5 Å². The molecule has 0 amide bonds. The molecule has 0 bridgehead atoms. The third-order valence-electron chi connectivity index (χ3n) is 3.63. The van der Waals surface area contributed by atoms with Gasteiger partial charge in [0.15, 0.2) is 0 Å². The molecule has 0 aromatic carbocycles. The lowest BCUT2D eigenvalue weighted by Gasteiger charge is -2.27. The van der Waals surface area contributed by atoms with Crippen LogP contribution in [-0.4, -0.2) is 19.8 Å². The van der Waals surface area contributed by atoms with Crippen LogP contribution in [0.15, 0.2) is 0 Å². The second-order valence-electron chi connectivity index (χ2n) is 4.72. The van der Waals surface area contributed by atoms with E-state index in [1.54, 1.807) is 7.11 Å². The highest BCUT2D eigenvalue weighted by Crippen LogP contribution is 2.29. The van der Waals surface area contributed by atoms with Crippen LogP contribution >= 0.6 is 0 Å². The molecule has 3 atom stereocenters. The van der Waals surface area contributed by atoms with E-state index in [2.05, 4.69) is 6.92 Å². The predicted octanol–water partition coefficient (Wildman–Crippen LogP) is 2.57. The van der Waals surface area contributed by atoms with E-state index in [0.717, 1.165) is 24.9 Å². The topological polar surface area (TPSA) is 35.2 Å². The van der Waals surface area contributed by atoms with Gasteiger partial charge in [-0.3, -0.25) is 0 Å². The molecule has 0 spiro atoms. The highest BCUT2D eigenvalue weighted by atomic mass is 16.5. The molecule has 0 aromatic heterocycles. The molecule has 14 heavy (non-hydrogen) atoms. The molecule has 0 aliphatic heterocycles. The fourth-order valence-electron chi connectivity index (χ4n) is 2.59. The van der Waals surface area contributed by atoms with Crippen molar-refractivity contribution in [1.29, 1.82) is 0 Å². The van der Waals surface area contributed by atoms with Gasteiger partial charge in [-0.05, 0) is 31.1 Å². The molecule has 1 aliphatic carbocycles. The van der Waals surface area contributed by atoms with E-state index >= 15 is 0 Å². The van der Waals surface area contributed by atoms with Crippen LogP contribution in [0.1, 0.15) is 45.4 Å². The van der Waals surface area contributed by atoms with Crippen LogP contribution in [0.2, 0.25) is 0 Å². The third-order valence-corrected chi connectivity index (χ3v) is 3.63. The quantitative estimate of drug-likeness (QED) is 0.706. The number of ether oxygens (including phenoxy) is 1. The monoisotopic (exact) mass is 199 g/mol. The average molecular weight is 199 g/mol. The number of methoxy groups -OCH3 is 1. The Bertz CT molecular complexity index is 149. The normalized spacial score (nSPS) is 31.1. The first kappa shape index (κ1) is 12.0. The Morgan fingerprint density at radius 2 is 2.00 bits per heavy atom. The van der Waals surface area contributed by atoms with Crippen molar-refractivity contribution >= 4 is 0 Å². The van der Waals surface area contributed by atoms with Crippen LogP contribution in [0.4, 0.5) is 0 Å². The molecule has 0 heterocycles. The molecule has 2 nitrogen and oxygen atoms in total. The Balaban J connectivity index is 2.37. The van der Waals surface area contributed by atoms with E-state index in [1.807, 2.05) is 0 Å². The standard InChI is InChI=1S/C12H25NO/c1-10(8-9-14-2)11-6-4-3-5-7-12(11)13/h10-12H,3-9,13H2,1-2H3. The van der Waals surface area contributed by atoms with E-state index in [0.29, 0.717) is 6.04 Å². The zero-order valence-corrected chi connectivity index (χ0v) is 9.67. The van der Waals surface area contributed by atoms with Gasteiger partial charge in [0.1, 0.15) is 0 Å². The van der Waals surface area contributed by atoms with Crippen LogP contribution in [0, 0.1) is 11.8 Å². The van der Waals surface area contributed by atoms with Gasteiger partial charge in [-0.15, -0.1) is 0 Å².